The summed E-state index contributed by atoms with van der Waals surface area (Å²) in [5, 5.41) is 21.0. The van der Waals surface area contributed by atoms with Crippen LogP contribution in [-0.4, -0.2) is 22.0 Å². The van der Waals surface area contributed by atoms with Gasteiger partial charge in [-0.2, -0.15) is 0 Å². The van der Waals surface area contributed by atoms with E-state index in [4.69, 9.17) is 5.73 Å². The van der Waals surface area contributed by atoms with E-state index < -0.39 is 11.8 Å². The Morgan fingerprint density at radius 3 is 0.720 bits per heavy atom. The molecule has 0 aromatic carbocycles. The molecule has 0 rings (SSSR count). The van der Waals surface area contributed by atoms with Crippen LogP contribution in [-0.2, 0) is 0 Å². The Balaban J connectivity index is 0. The molecular weight excluding hydrogens is 634 g/mol. The van der Waals surface area contributed by atoms with Gasteiger partial charge >= 0.3 is 0 Å². The fourth-order valence-corrected chi connectivity index (χ4v) is 7.68. The van der Waals surface area contributed by atoms with Gasteiger partial charge < -0.3 is 15.9 Å². The predicted octanol–water partition coefficient (Wildman–Crippen LogP) is 15.8. The van der Waals surface area contributed by atoms with Crippen molar-refractivity contribution in [1.82, 2.24) is 0 Å². The fraction of sp³-hybridized carbons (Fsp3) is 1.00. The van der Waals surface area contributed by atoms with Crippen LogP contribution in [0.3, 0.4) is 0 Å². The normalized spacial score (nSPS) is 12.4. The number of hydrogen-bond acceptors (Lipinski definition) is 3. The molecule has 0 aromatic rings. The molecule has 3 nitrogen and oxygen atoms in total. The van der Waals surface area contributed by atoms with Crippen molar-refractivity contribution in [2.45, 2.75) is 295 Å². The SMILES string of the molecule is CCCCCCCCCCCCCCCCCCCCCCC(N)C(O)(O)CCCCCCCCCCCCCCCCCCCCCC.Cl. The molecule has 0 aliphatic carbocycles. The van der Waals surface area contributed by atoms with Gasteiger partial charge in [0.25, 0.3) is 0 Å². The summed E-state index contributed by atoms with van der Waals surface area (Å²) in [6, 6.07) is -0.511. The van der Waals surface area contributed by atoms with Crippen molar-refractivity contribution >= 4 is 12.4 Å². The lowest BCUT2D eigenvalue weighted by Crippen LogP contribution is -2.47. The Bertz CT molecular complexity index is 601. The molecule has 304 valence electrons. The van der Waals surface area contributed by atoms with E-state index in [-0.39, 0.29) is 12.4 Å². The average Bonchev–Trinajstić information content (AvgIpc) is 3.09. The highest BCUT2D eigenvalue weighted by Crippen LogP contribution is 2.21. The van der Waals surface area contributed by atoms with Crippen LogP contribution in [0.5, 0.6) is 0 Å². The van der Waals surface area contributed by atoms with Gasteiger partial charge in [0.15, 0.2) is 5.79 Å². The van der Waals surface area contributed by atoms with Gasteiger partial charge in [0.05, 0.1) is 6.04 Å². The molecule has 4 N–H and O–H groups in total. The van der Waals surface area contributed by atoms with Crippen molar-refractivity contribution in [3.8, 4) is 0 Å². The average molecular weight is 731 g/mol. The van der Waals surface area contributed by atoms with E-state index in [1.807, 2.05) is 0 Å². The quantitative estimate of drug-likeness (QED) is 0.0432. The maximum atomic E-state index is 10.5. The van der Waals surface area contributed by atoms with Gasteiger partial charge in [-0.05, 0) is 12.8 Å². The van der Waals surface area contributed by atoms with E-state index in [2.05, 4.69) is 13.8 Å². The summed E-state index contributed by atoms with van der Waals surface area (Å²) in [4.78, 5) is 0. The highest BCUT2D eigenvalue weighted by molar-refractivity contribution is 5.85. The van der Waals surface area contributed by atoms with E-state index in [9.17, 15) is 10.2 Å². The van der Waals surface area contributed by atoms with Crippen molar-refractivity contribution < 1.29 is 10.2 Å². The van der Waals surface area contributed by atoms with E-state index >= 15 is 0 Å². The number of rotatable bonds is 43. The minimum absolute atomic E-state index is 0. The summed E-state index contributed by atoms with van der Waals surface area (Å²) < 4.78 is 0. The lowest BCUT2D eigenvalue weighted by Gasteiger charge is -2.28. The summed E-state index contributed by atoms with van der Waals surface area (Å²) in [7, 11) is 0. The minimum atomic E-state index is -1.69. The third kappa shape index (κ3) is 40.9. The van der Waals surface area contributed by atoms with Crippen molar-refractivity contribution in [3.63, 3.8) is 0 Å². The Hall–Kier alpha value is 0.170. The molecule has 0 aliphatic rings. The lowest BCUT2D eigenvalue weighted by atomic mass is 9.95. The lowest BCUT2D eigenvalue weighted by molar-refractivity contribution is -0.183. The zero-order valence-electron chi connectivity index (χ0n) is 34.7. The Morgan fingerprint density at radius 1 is 0.320 bits per heavy atom. The van der Waals surface area contributed by atoms with E-state index in [0.717, 1.165) is 25.7 Å². The van der Waals surface area contributed by atoms with Crippen LogP contribution < -0.4 is 5.73 Å². The van der Waals surface area contributed by atoms with Crippen LogP contribution in [0.4, 0.5) is 0 Å². The largest absolute Gasteiger partial charge is 0.364 e. The van der Waals surface area contributed by atoms with Crippen molar-refractivity contribution in [2.24, 2.45) is 5.73 Å². The molecule has 0 aromatic heterocycles. The topological polar surface area (TPSA) is 66.5 Å². The minimum Gasteiger partial charge on any atom is -0.364 e. The third-order valence-electron chi connectivity index (χ3n) is 11.4. The van der Waals surface area contributed by atoms with Crippen LogP contribution in [0.2, 0.25) is 0 Å². The van der Waals surface area contributed by atoms with Gasteiger partial charge in [-0.3, -0.25) is 0 Å². The van der Waals surface area contributed by atoms with Crippen LogP contribution in [0, 0.1) is 0 Å². The monoisotopic (exact) mass is 730 g/mol. The molecule has 1 unspecified atom stereocenters. The molecule has 0 radical (unpaired) electrons. The van der Waals surface area contributed by atoms with Gasteiger partial charge in [0.2, 0.25) is 0 Å². The summed E-state index contributed by atoms with van der Waals surface area (Å²) in [6.07, 6.45) is 55.9. The molecule has 0 heterocycles. The molecule has 0 saturated carbocycles. The first-order chi connectivity index (χ1) is 24.0. The van der Waals surface area contributed by atoms with Crippen LogP contribution >= 0.6 is 12.4 Å². The number of halogens is 1. The van der Waals surface area contributed by atoms with Crippen LogP contribution in [0.15, 0.2) is 0 Å². The highest BCUT2D eigenvalue weighted by Gasteiger charge is 2.30. The molecular formula is C46H96ClNO2. The summed E-state index contributed by atoms with van der Waals surface area (Å²) in [6.45, 7) is 4.59. The first-order valence-corrected chi connectivity index (χ1v) is 23.2. The molecule has 4 heteroatoms. The Morgan fingerprint density at radius 2 is 0.500 bits per heavy atom. The maximum absolute atomic E-state index is 10.5. The van der Waals surface area contributed by atoms with Gasteiger partial charge in [0, 0.05) is 6.42 Å². The summed E-state index contributed by atoms with van der Waals surface area (Å²) in [5.74, 6) is -1.69. The molecule has 0 aliphatic heterocycles. The zero-order valence-corrected chi connectivity index (χ0v) is 35.5. The van der Waals surface area contributed by atoms with Crippen LogP contribution in [0.1, 0.15) is 284 Å². The first-order valence-electron chi connectivity index (χ1n) is 23.2. The highest BCUT2D eigenvalue weighted by atomic mass is 35.5. The Labute approximate surface area is 322 Å². The van der Waals surface area contributed by atoms with Crippen molar-refractivity contribution in [3.05, 3.63) is 0 Å². The van der Waals surface area contributed by atoms with Gasteiger partial charge in [0.1, 0.15) is 0 Å². The van der Waals surface area contributed by atoms with E-state index in [1.165, 1.54) is 238 Å². The first kappa shape index (κ1) is 52.3. The number of aliphatic hydroxyl groups is 2. The van der Waals surface area contributed by atoms with E-state index in [0.29, 0.717) is 6.42 Å². The Kier molecular flexibility index (Phi) is 45.6. The van der Waals surface area contributed by atoms with Crippen molar-refractivity contribution in [2.75, 3.05) is 0 Å². The summed E-state index contributed by atoms with van der Waals surface area (Å²) in [5.41, 5.74) is 6.22. The third-order valence-corrected chi connectivity index (χ3v) is 11.4. The number of hydrogen-bond donors (Lipinski definition) is 3. The van der Waals surface area contributed by atoms with E-state index in [1.54, 1.807) is 0 Å². The second-order valence-electron chi connectivity index (χ2n) is 16.5. The smallest absolute Gasteiger partial charge is 0.178 e. The molecule has 0 bridgehead atoms. The number of unbranched alkanes of at least 4 members (excludes halogenated alkanes) is 38. The summed E-state index contributed by atoms with van der Waals surface area (Å²) >= 11 is 0. The maximum Gasteiger partial charge on any atom is 0.178 e. The molecule has 0 fully saturated rings. The molecule has 50 heavy (non-hydrogen) atoms. The van der Waals surface area contributed by atoms with Crippen molar-refractivity contribution in [1.29, 1.82) is 0 Å². The molecule has 0 amide bonds. The molecule has 1 atom stereocenters. The van der Waals surface area contributed by atoms with Crippen LogP contribution in [0.25, 0.3) is 0 Å². The fourth-order valence-electron chi connectivity index (χ4n) is 7.68. The second kappa shape index (κ2) is 43.6. The molecule has 0 saturated heterocycles. The second-order valence-corrected chi connectivity index (χ2v) is 16.5. The zero-order chi connectivity index (χ0) is 35.8. The van der Waals surface area contributed by atoms with Gasteiger partial charge in [-0.1, -0.05) is 264 Å². The number of nitrogens with two attached hydrogens (primary N) is 1. The molecule has 0 spiro atoms. The van der Waals surface area contributed by atoms with Gasteiger partial charge in [-0.25, -0.2) is 0 Å². The predicted molar refractivity (Wildman–Crippen MR) is 228 cm³/mol. The standard InChI is InChI=1S/C46H95NO2.ClH/c1-3-5-7-9-11-13-15-17-19-21-23-25-27-29-31-33-35-37-39-41-43-45(47)46(48,49)44-42-40-38-36-34-32-30-28-26-24-22-20-18-16-14-12-10-8-6-4-2;/h45,48-49H,3-44,47H2,1-2H3;1H. The van der Waals surface area contributed by atoms with Gasteiger partial charge in [-0.15, -0.1) is 12.4 Å².